The topological polar surface area (TPSA) is 61.7 Å². The number of hydrogen-bond acceptors (Lipinski definition) is 6. The Morgan fingerprint density at radius 1 is 0.812 bits per heavy atom. The SMILES string of the molecule is O=Nc1c(C(c2ccccn2)N2CCN(Cc3ccccc3)CC2)ccc2cccnc12. The van der Waals surface area contributed by atoms with E-state index in [2.05, 4.69) is 55.3 Å². The van der Waals surface area contributed by atoms with E-state index < -0.39 is 0 Å². The molecule has 1 unspecified atom stereocenters. The van der Waals surface area contributed by atoms with Crippen molar-refractivity contribution in [3.63, 3.8) is 0 Å². The first kappa shape index (κ1) is 20.4. The van der Waals surface area contributed by atoms with Gasteiger partial charge in [0.2, 0.25) is 0 Å². The van der Waals surface area contributed by atoms with Gasteiger partial charge >= 0.3 is 0 Å². The summed E-state index contributed by atoms with van der Waals surface area (Å²) < 4.78 is 0. The number of aromatic nitrogens is 2. The van der Waals surface area contributed by atoms with E-state index in [-0.39, 0.29) is 6.04 Å². The molecule has 32 heavy (non-hydrogen) atoms. The summed E-state index contributed by atoms with van der Waals surface area (Å²) in [7, 11) is 0. The minimum Gasteiger partial charge on any atom is -0.297 e. The van der Waals surface area contributed by atoms with Crippen LogP contribution in [0.2, 0.25) is 0 Å². The van der Waals surface area contributed by atoms with E-state index in [1.165, 1.54) is 5.56 Å². The second-order valence-corrected chi connectivity index (χ2v) is 8.12. The van der Waals surface area contributed by atoms with Crippen LogP contribution in [0.25, 0.3) is 10.9 Å². The van der Waals surface area contributed by atoms with Crippen LogP contribution in [0.1, 0.15) is 22.9 Å². The molecule has 160 valence electrons. The largest absolute Gasteiger partial charge is 0.297 e. The van der Waals surface area contributed by atoms with Crippen molar-refractivity contribution >= 4 is 16.6 Å². The zero-order chi connectivity index (χ0) is 21.8. The Morgan fingerprint density at radius 3 is 2.34 bits per heavy atom. The average molecular weight is 424 g/mol. The van der Waals surface area contributed by atoms with Gasteiger partial charge in [-0.25, -0.2) is 0 Å². The van der Waals surface area contributed by atoms with Crippen molar-refractivity contribution in [2.24, 2.45) is 5.18 Å². The normalized spacial score (nSPS) is 16.1. The van der Waals surface area contributed by atoms with E-state index in [0.717, 1.165) is 49.4 Å². The summed E-state index contributed by atoms with van der Waals surface area (Å²) in [6, 6.07) is 24.2. The fraction of sp³-hybridized carbons (Fsp3) is 0.231. The molecule has 1 fully saturated rings. The first-order valence-electron chi connectivity index (χ1n) is 11.0. The molecular formula is C26H25N5O. The Labute approximate surface area is 187 Å². The highest BCUT2D eigenvalue weighted by atomic mass is 16.3. The highest BCUT2D eigenvalue weighted by Gasteiger charge is 2.30. The molecule has 0 amide bonds. The summed E-state index contributed by atoms with van der Waals surface area (Å²) in [4.78, 5) is 26.0. The monoisotopic (exact) mass is 423 g/mol. The first-order chi connectivity index (χ1) is 15.8. The molecule has 0 saturated carbocycles. The van der Waals surface area contributed by atoms with E-state index in [9.17, 15) is 4.91 Å². The van der Waals surface area contributed by atoms with Gasteiger partial charge in [0.05, 0.1) is 17.3 Å². The van der Waals surface area contributed by atoms with Crippen molar-refractivity contribution in [2.75, 3.05) is 26.2 Å². The molecule has 1 aliphatic heterocycles. The summed E-state index contributed by atoms with van der Waals surface area (Å²) in [6.07, 6.45) is 3.51. The van der Waals surface area contributed by atoms with E-state index in [4.69, 9.17) is 0 Å². The smallest absolute Gasteiger partial charge is 0.139 e. The van der Waals surface area contributed by atoms with Gasteiger partial charge in [-0.05, 0) is 28.9 Å². The van der Waals surface area contributed by atoms with Crippen molar-refractivity contribution < 1.29 is 0 Å². The van der Waals surface area contributed by atoms with Crippen molar-refractivity contribution in [1.29, 1.82) is 0 Å². The average Bonchev–Trinajstić information content (AvgIpc) is 2.86. The van der Waals surface area contributed by atoms with Crippen molar-refractivity contribution in [1.82, 2.24) is 19.8 Å². The molecule has 3 heterocycles. The second kappa shape index (κ2) is 9.34. The van der Waals surface area contributed by atoms with Gasteiger partial charge in [-0.15, -0.1) is 4.91 Å². The fourth-order valence-electron chi connectivity index (χ4n) is 4.56. The minimum absolute atomic E-state index is 0.144. The van der Waals surface area contributed by atoms with Crippen LogP contribution in [0.5, 0.6) is 0 Å². The highest BCUT2D eigenvalue weighted by Crippen LogP contribution is 2.38. The molecule has 0 aliphatic carbocycles. The van der Waals surface area contributed by atoms with Gasteiger partial charge in [-0.2, -0.15) is 0 Å². The molecule has 6 heteroatoms. The molecule has 6 nitrogen and oxygen atoms in total. The van der Waals surface area contributed by atoms with E-state index in [1.807, 2.05) is 42.5 Å². The molecule has 2 aromatic carbocycles. The molecule has 5 rings (SSSR count). The Hall–Kier alpha value is -3.48. The van der Waals surface area contributed by atoms with Gasteiger partial charge in [0.15, 0.2) is 0 Å². The summed E-state index contributed by atoms with van der Waals surface area (Å²) in [5.41, 5.74) is 4.16. The number of nitroso groups, excluding NO2 is 1. The van der Waals surface area contributed by atoms with Gasteiger partial charge < -0.3 is 0 Å². The van der Waals surface area contributed by atoms with Gasteiger partial charge in [0.1, 0.15) is 5.69 Å². The summed E-state index contributed by atoms with van der Waals surface area (Å²) in [5, 5.41) is 4.35. The first-order valence-corrected chi connectivity index (χ1v) is 11.0. The molecule has 1 atom stereocenters. The molecule has 0 N–H and O–H groups in total. The van der Waals surface area contributed by atoms with E-state index in [0.29, 0.717) is 11.2 Å². The molecular weight excluding hydrogens is 398 g/mol. The van der Waals surface area contributed by atoms with Crippen LogP contribution in [0.15, 0.2) is 90.4 Å². The number of benzene rings is 2. The lowest BCUT2D eigenvalue weighted by molar-refractivity contribution is 0.104. The highest BCUT2D eigenvalue weighted by molar-refractivity contribution is 5.90. The summed E-state index contributed by atoms with van der Waals surface area (Å²) in [5.74, 6) is 0. The lowest BCUT2D eigenvalue weighted by Gasteiger charge is -2.39. The number of nitrogens with zero attached hydrogens (tertiary/aromatic N) is 5. The van der Waals surface area contributed by atoms with Crippen LogP contribution in [-0.2, 0) is 6.54 Å². The van der Waals surface area contributed by atoms with Crippen LogP contribution in [0, 0.1) is 4.91 Å². The van der Waals surface area contributed by atoms with Crippen molar-refractivity contribution in [2.45, 2.75) is 12.6 Å². The Morgan fingerprint density at radius 2 is 1.59 bits per heavy atom. The van der Waals surface area contributed by atoms with E-state index >= 15 is 0 Å². The maximum atomic E-state index is 12.0. The lowest BCUT2D eigenvalue weighted by Crippen LogP contribution is -2.47. The molecule has 4 aromatic rings. The van der Waals surface area contributed by atoms with Crippen molar-refractivity contribution in [3.8, 4) is 0 Å². The number of piperazine rings is 1. The minimum atomic E-state index is -0.144. The third-order valence-corrected chi connectivity index (χ3v) is 6.15. The quantitative estimate of drug-likeness (QED) is 0.411. The Bertz CT molecular complexity index is 1190. The summed E-state index contributed by atoms with van der Waals surface area (Å²) >= 11 is 0. The molecule has 2 aromatic heterocycles. The Kier molecular flexibility index (Phi) is 5.96. The molecule has 0 radical (unpaired) electrons. The second-order valence-electron chi connectivity index (χ2n) is 8.12. The molecule has 1 saturated heterocycles. The van der Waals surface area contributed by atoms with Gasteiger partial charge in [-0.1, -0.05) is 54.6 Å². The number of hydrogen-bond donors (Lipinski definition) is 0. The molecule has 0 spiro atoms. The number of fused-ring (bicyclic) bond motifs is 1. The Balaban J connectivity index is 1.46. The van der Waals surface area contributed by atoms with Crippen LogP contribution in [0.3, 0.4) is 0 Å². The van der Waals surface area contributed by atoms with E-state index in [1.54, 1.807) is 12.4 Å². The predicted octanol–water partition coefficient (Wildman–Crippen LogP) is 4.93. The van der Waals surface area contributed by atoms with Crippen LogP contribution in [-0.4, -0.2) is 45.9 Å². The van der Waals surface area contributed by atoms with Gasteiger partial charge in [0.25, 0.3) is 0 Å². The number of rotatable bonds is 6. The molecule has 1 aliphatic rings. The molecule has 0 bridgehead atoms. The van der Waals surface area contributed by atoms with Crippen molar-refractivity contribution in [3.05, 3.63) is 107 Å². The predicted molar refractivity (Wildman–Crippen MR) is 127 cm³/mol. The van der Waals surface area contributed by atoms with Crippen LogP contribution in [0.4, 0.5) is 5.69 Å². The van der Waals surface area contributed by atoms with Gasteiger partial charge in [0, 0.05) is 56.1 Å². The zero-order valence-electron chi connectivity index (χ0n) is 17.8. The number of pyridine rings is 2. The fourth-order valence-corrected chi connectivity index (χ4v) is 4.56. The lowest BCUT2D eigenvalue weighted by atomic mass is 9.96. The van der Waals surface area contributed by atoms with Crippen LogP contribution >= 0.6 is 0 Å². The maximum absolute atomic E-state index is 12.0. The standard InChI is InChI=1S/C26H25N5O/c32-29-25-22(12-11-21-9-6-14-28-24(21)25)26(23-10-4-5-13-27-23)31-17-15-30(16-18-31)19-20-7-2-1-3-8-20/h1-14,26H,15-19H2. The third-order valence-electron chi connectivity index (χ3n) is 6.15. The zero-order valence-corrected chi connectivity index (χ0v) is 17.8. The summed E-state index contributed by atoms with van der Waals surface area (Å²) in [6.45, 7) is 4.62. The van der Waals surface area contributed by atoms with Gasteiger partial charge in [-0.3, -0.25) is 19.8 Å². The van der Waals surface area contributed by atoms with Crippen LogP contribution < -0.4 is 0 Å². The third kappa shape index (κ3) is 4.15. The maximum Gasteiger partial charge on any atom is 0.139 e.